The molecule has 0 aliphatic heterocycles. The molecule has 0 rings (SSSR count). The summed E-state index contributed by atoms with van der Waals surface area (Å²) >= 11 is 2.28. The molecule has 5 heteroatoms. The smallest absolute Gasteiger partial charge is 0.303 e. The maximum Gasteiger partial charge on any atom is 0.303 e. The number of carboxylic acid groups (broad SMARTS) is 1. The normalized spacial score (nSPS) is 10.1. The van der Waals surface area contributed by atoms with Gasteiger partial charge in [0.05, 0.1) is 0 Å². The molecule has 0 aromatic carbocycles. The van der Waals surface area contributed by atoms with Gasteiger partial charge in [0.15, 0.2) is 0 Å². The van der Waals surface area contributed by atoms with E-state index in [0.29, 0.717) is 12.8 Å². The number of hydrogen-bond donors (Lipinski definition) is 2. The van der Waals surface area contributed by atoms with Crippen molar-refractivity contribution < 1.29 is 14.7 Å². The number of halogens is 1. The van der Waals surface area contributed by atoms with Crippen LogP contribution in [0.5, 0.6) is 0 Å². The molecule has 0 fully saturated rings. The Bertz CT molecular complexity index is 209. The Labute approximate surface area is 110 Å². The molecule has 4 nitrogen and oxygen atoms in total. The Kier molecular flexibility index (Phi) is 10.9. The second-order valence-corrected chi connectivity index (χ2v) is 4.78. The van der Waals surface area contributed by atoms with Crippen molar-refractivity contribution in [1.29, 1.82) is 0 Å². The minimum Gasteiger partial charge on any atom is -0.481 e. The van der Waals surface area contributed by atoms with Crippen LogP contribution in [0.2, 0.25) is 0 Å². The fourth-order valence-corrected chi connectivity index (χ4v) is 1.68. The van der Waals surface area contributed by atoms with Crippen LogP contribution in [0, 0.1) is 0 Å². The molecule has 0 aromatic rings. The van der Waals surface area contributed by atoms with E-state index < -0.39 is 5.97 Å². The van der Waals surface area contributed by atoms with Crippen molar-refractivity contribution in [3.05, 3.63) is 0 Å². The molecule has 0 spiro atoms. The lowest BCUT2D eigenvalue weighted by atomic mass is 10.1. The molecule has 0 unspecified atom stereocenters. The van der Waals surface area contributed by atoms with Gasteiger partial charge < -0.3 is 10.4 Å². The van der Waals surface area contributed by atoms with E-state index in [9.17, 15) is 9.59 Å². The van der Waals surface area contributed by atoms with Crippen LogP contribution in [0.4, 0.5) is 0 Å². The predicted molar refractivity (Wildman–Crippen MR) is 71.9 cm³/mol. The van der Waals surface area contributed by atoms with Crippen LogP contribution in [0.3, 0.4) is 0 Å². The standard InChI is InChI=1S/C11H20INO3/c12-8-5-9-13-10(14)6-3-1-2-4-7-11(15)16/h1-9H2,(H,13,14)(H,15,16). The number of amides is 1. The van der Waals surface area contributed by atoms with Crippen LogP contribution in [0.15, 0.2) is 0 Å². The molecule has 0 aliphatic carbocycles. The zero-order chi connectivity index (χ0) is 12.2. The van der Waals surface area contributed by atoms with Gasteiger partial charge in [-0.3, -0.25) is 9.59 Å². The van der Waals surface area contributed by atoms with E-state index in [1.807, 2.05) is 0 Å². The third-order valence-corrected chi connectivity index (χ3v) is 2.94. The third kappa shape index (κ3) is 11.7. The summed E-state index contributed by atoms with van der Waals surface area (Å²) in [6, 6.07) is 0. The molecule has 0 atom stereocenters. The van der Waals surface area contributed by atoms with Gasteiger partial charge in [0.2, 0.25) is 5.91 Å². The molecule has 1 amide bonds. The zero-order valence-electron chi connectivity index (χ0n) is 9.51. The molecule has 0 saturated heterocycles. The molecule has 16 heavy (non-hydrogen) atoms. The number of rotatable bonds is 10. The number of carboxylic acids is 1. The fraction of sp³-hybridized carbons (Fsp3) is 0.818. The number of aliphatic carboxylic acids is 1. The monoisotopic (exact) mass is 341 g/mol. The Morgan fingerprint density at radius 1 is 1.00 bits per heavy atom. The molecule has 0 bridgehead atoms. The molecule has 2 N–H and O–H groups in total. The molecule has 0 radical (unpaired) electrons. The second-order valence-electron chi connectivity index (χ2n) is 3.70. The van der Waals surface area contributed by atoms with E-state index >= 15 is 0 Å². The summed E-state index contributed by atoms with van der Waals surface area (Å²) in [6.45, 7) is 0.765. The molecule has 0 heterocycles. The Hall–Kier alpha value is -0.330. The quantitative estimate of drug-likeness (QED) is 0.364. The lowest BCUT2D eigenvalue weighted by Crippen LogP contribution is -2.24. The largest absolute Gasteiger partial charge is 0.481 e. The van der Waals surface area contributed by atoms with E-state index in [1.54, 1.807) is 0 Å². The number of hydrogen-bond acceptors (Lipinski definition) is 2. The van der Waals surface area contributed by atoms with E-state index in [1.165, 1.54) is 0 Å². The number of carbonyl (C=O) groups is 2. The lowest BCUT2D eigenvalue weighted by Gasteiger charge is -2.03. The Balaban J connectivity index is 3.18. The first-order chi connectivity index (χ1) is 7.66. The van der Waals surface area contributed by atoms with Crippen LogP contribution in [0.25, 0.3) is 0 Å². The van der Waals surface area contributed by atoms with Crippen molar-refractivity contribution in [2.24, 2.45) is 0 Å². The Morgan fingerprint density at radius 2 is 1.62 bits per heavy atom. The highest BCUT2D eigenvalue weighted by Gasteiger charge is 2.00. The minimum atomic E-state index is -0.739. The van der Waals surface area contributed by atoms with E-state index in [-0.39, 0.29) is 12.3 Å². The van der Waals surface area contributed by atoms with Crippen molar-refractivity contribution in [1.82, 2.24) is 5.32 Å². The average molecular weight is 341 g/mol. The van der Waals surface area contributed by atoms with Gasteiger partial charge in [-0.1, -0.05) is 35.4 Å². The van der Waals surface area contributed by atoms with Crippen LogP contribution in [-0.4, -0.2) is 28.0 Å². The summed E-state index contributed by atoms with van der Waals surface area (Å²) < 4.78 is 1.06. The topological polar surface area (TPSA) is 66.4 Å². The molecular formula is C11H20INO3. The van der Waals surface area contributed by atoms with Gasteiger partial charge in [0, 0.05) is 23.8 Å². The molecule has 0 aromatic heterocycles. The average Bonchev–Trinajstić information content (AvgIpc) is 2.23. The zero-order valence-corrected chi connectivity index (χ0v) is 11.7. The summed E-state index contributed by atoms with van der Waals surface area (Å²) in [4.78, 5) is 21.5. The fourth-order valence-electron chi connectivity index (χ4n) is 1.30. The first-order valence-corrected chi connectivity index (χ1v) is 7.24. The van der Waals surface area contributed by atoms with Gasteiger partial charge in [-0.2, -0.15) is 0 Å². The summed E-state index contributed by atoms with van der Waals surface area (Å²) in [5.41, 5.74) is 0. The molecule has 0 saturated carbocycles. The first kappa shape index (κ1) is 15.7. The van der Waals surface area contributed by atoms with Gasteiger partial charge in [-0.25, -0.2) is 0 Å². The van der Waals surface area contributed by atoms with E-state index in [4.69, 9.17) is 5.11 Å². The minimum absolute atomic E-state index is 0.114. The van der Waals surface area contributed by atoms with Crippen molar-refractivity contribution in [2.45, 2.75) is 44.9 Å². The molecular weight excluding hydrogens is 321 g/mol. The summed E-state index contributed by atoms with van der Waals surface area (Å²) in [5.74, 6) is -0.625. The highest BCUT2D eigenvalue weighted by atomic mass is 127. The predicted octanol–water partition coefficient (Wildman–Crippen LogP) is 2.35. The Morgan fingerprint density at radius 3 is 2.19 bits per heavy atom. The van der Waals surface area contributed by atoms with Crippen LogP contribution in [0.1, 0.15) is 44.9 Å². The maximum absolute atomic E-state index is 11.3. The molecule has 94 valence electrons. The first-order valence-electron chi connectivity index (χ1n) is 5.71. The highest BCUT2D eigenvalue weighted by molar-refractivity contribution is 14.1. The van der Waals surface area contributed by atoms with Gasteiger partial charge in [-0.05, 0) is 19.3 Å². The maximum atomic E-state index is 11.3. The van der Waals surface area contributed by atoms with Gasteiger partial charge >= 0.3 is 5.97 Å². The SMILES string of the molecule is O=C(O)CCCCCCC(=O)NCCCI. The van der Waals surface area contributed by atoms with Crippen molar-refractivity contribution in [3.63, 3.8) is 0 Å². The lowest BCUT2D eigenvalue weighted by molar-refractivity contribution is -0.137. The van der Waals surface area contributed by atoms with Crippen molar-refractivity contribution in [3.8, 4) is 0 Å². The van der Waals surface area contributed by atoms with Crippen LogP contribution in [-0.2, 0) is 9.59 Å². The second kappa shape index (κ2) is 11.2. The number of nitrogens with one attached hydrogen (secondary N) is 1. The van der Waals surface area contributed by atoms with Gasteiger partial charge in [0.1, 0.15) is 0 Å². The highest BCUT2D eigenvalue weighted by Crippen LogP contribution is 2.05. The van der Waals surface area contributed by atoms with Crippen LogP contribution < -0.4 is 5.32 Å². The van der Waals surface area contributed by atoms with Crippen LogP contribution >= 0.6 is 22.6 Å². The third-order valence-electron chi connectivity index (χ3n) is 2.18. The summed E-state index contributed by atoms with van der Waals surface area (Å²) in [6.07, 6.45) is 5.23. The summed E-state index contributed by atoms with van der Waals surface area (Å²) in [7, 11) is 0. The van der Waals surface area contributed by atoms with Gasteiger partial charge in [-0.15, -0.1) is 0 Å². The number of alkyl halides is 1. The van der Waals surface area contributed by atoms with Crippen molar-refractivity contribution >= 4 is 34.5 Å². The van der Waals surface area contributed by atoms with Crippen molar-refractivity contribution in [2.75, 3.05) is 11.0 Å². The number of unbranched alkanes of at least 4 members (excludes halogenated alkanes) is 3. The van der Waals surface area contributed by atoms with Gasteiger partial charge in [0.25, 0.3) is 0 Å². The summed E-state index contributed by atoms with van der Waals surface area (Å²) in [5, 5.41) is 11.3. The number of carbonyl (C=O) groups excluding carboxylic acids is 1. The molecule has 0 aliphatic rings. The van der Waals surface area contributed by atoms with E-state index in [2.05, 4.69) is 27.9 Å². The van der Waals surface area contributed by atoms with E-state index in [0.717, 1.165) is 36.7 Å².